The number of nitrogens with zero attached hydrogens (tertiary/aromatic N) is 1. The first-order valence-corrected chi connectivity index (χ1v) is 5.72. The monoisotopic (exact) mass is 311 g/mol. The van der Waals surface area contributed by atoms with Crippen molar-refractivity contribution in [2.24, 2.45) is 0 Å². The van der Waals surface area contributed by atoms with Crippen molar-refractivity contribution in [2.45, 2.75) is 16.8 Å². The predicted octanol–water partition coefficient (Wildman–Crippen LogP) is 3.89. The van der Waals surface area contributed by atoms with Crippen LogP contribution in [0.1, 0.15) is 27.9 Å². The van der Waals surface area contributed by atoms with E-state index in [1.165, 1.54) is 6.07 Å². The molecule has 0 unspecified atom stereocenters. The van der Waals surface area contributed by atoms with Crippen LogP contribution in [0.25, 0.3) is 0 Å². The molecule has 0 bridgehead atoms. The summed E-state index contributed by atoms with van der Waals surface area (Å²) in [7, 11) is 0.876. The van der Waals surface area contributed by atoms with Crippen LogP contribution in [0.15, 0.2) is 17.0 Å². The quantitative estimate of drug-likeness (QED) is 0.483. The molecule has 1 aromatic carbocycles. The summed E-state index contributed by atoms with van der Waals surface area (Å²) in [5.74, 6) is -1.28. The minimum atomic E-state index is -4.89. The molecule has 0 radical (unpaired) electrons. The summed E-state index contributed by atoms with van der Waals surface area (Å²) in [5.41, 5.74) is -7.14. The molecule has 0 heterocycles. The second kappa shape index (κ2) is 6.09. The lowest BCUT2D eigenvalue weighted by Crippen LogP contribution is -2.11. The van der Waals surface area contributed by atoms with E-state index in [9.17, 15) is 26.7 Å². The van der Waals surface area contributed by atoms with Gasteiger partial charge < -0.3 is 4.74 Å². The van der Waals surface area contributed by atoms with Gasteiger partial charge in [0.25, 0.3) is 6.43 Å². The van der Waals surface area contributed by atoms with E-state index in [0.717, 1.165) is 13.2 Å². The first-order valence-electron chi connectivity index (χ1n) is 4.90. The fourth-order valence-electron chi connectivity index (χ4n) is 1.39. The zero-order chi connectivity index (χ0) is 15.5. The summed E-state index contributed by atoms with van der Waals surface area (Å²) in [6, 6.07) is 3.02. The van der Waals surface area contributed by atoms with E-state index in [1.54, 1.807) is 0 Å². The molecule has 108 valence electrons. The number of carbonyl (C=O) groups is 1. The Kier molecular flexibility index (Phi) is 4.94. The number of hydrogen-bond donors (Lipinski definition) is 0. The third kappa shape index (κ3) is 3.60. The number of methoxy groups -OCH3 is 1. The van der Waals surface area contributed by atoms with Crippen molar-refractivity contribution in [3.63, 3.8) is 0 Å². The minimum Gasteiger partial charge on any atom is -0.465 e. The summed E-state index contributed by atoms with van der Waals surface area (Å²) < 4.78 is 67.1. The number of alkyl halides is 5. The lowest BCUT2D eigenvalue weighted by atomic mass is 10.0. The van der Waals surface area contributed by atoms with E-state index in [0.29, 0.717) is 6.07 Å². The zero-order valence-corrected chi connectivity index (χ0v) is 10.6. The Hall–Kier alpha value is -1.82. The van der Waals surface area contributed by atoms with Gasteiger partial charge in [-0.15, -0.1) is 0 Å². The molecule has 0 atom stereocenters. The highest BCUT2D eigenvalue weighted by Crippen LogP contribution is 2.44. The molecular weight excluding hydrogens is 305 g/mol. The van der Waals surface area contributed by atoms with E-state index in [4.69, 9.17) is 5.26 Å². The number of hydrogen-bond acceptors (Lipinski definition) is 4. The summed E-state index contributed by atoms with van der Waals surface area (Å²) in [6.07, 6.45) is -3.23. The van der Waals surface area contributed by atoms with Gasteiger partial charge in [0, 0.05) is 10.5 Å². The largest absolute Gasteiger partial charge is 0.465 e. The van der Waals surface area contributed by atoms with Crippen molar-refractivity contribution in [1.29, 1.82) is 5.26 Å². The van der Waals surface area contributed by atoms with Gasteiger partial charge in [-0.05, 0) is 17.8 Å². The van der Waals surface area contributed by atoms with Gasteiger partial charge in [-0.2, -0.15) is 18.4 Å². The van der Waals surface area contributed by atoms with Crippen molar-refractivity contribution in [3.8, 4) is 6.07 Å². The van der Waals surface area contributed by atoms with Gasteiger partial charge in [-0.1, -0.05) is 6.07 Å². The van der Waals surface area contributed by atoms with E-state index < -0.39 is 51.3 Å². The molecule has 9 heteroatoms. The standard InChI is InChI=1S/C11H6F5NO2S/c1-19-10(18)7-5(4-17)2-3-6(9(12)13)8(7)20-11(14,15)16/h2-3,9H,1H3. The Labute approximate surface area is 114 Å². The Bertz CT molecular complexity index is 565. The topological polar surface area (TPSA) is 50.1 Å². The minimum absolute atomic E-state index is 0.465. The molecule has 0 saturated heterocycles. The van der Waals surface area contributed by atoms with Crippen LogP contribution in [0, 0.1) is 11.3 Å². The van der Waals surface area contributed by atoms with Crippen LogP contribution in [-0.4, -0.2) is 18.6 Å². The number of thioether (sulfide) groups is 1. The highest BCUT2D eigenvalue weighted by molar-refractivity contribution is 8.00. The van der Waals surface area contributed by atoms with Gasteiger partial charge in [0.1, 0.15) is 6.07 Å². The van der Waals surface area contributed by atoms with E-state index in [1.807, 2.05) is 0 Å². The molecular formula is C11H6F5NO2S. The predicted molar refractivity (Wildman–Crippen MR) is 59.4 cm³/mol. The zero-order valence-electron chi connectivity index (χ0n) is 9.79. The third-order valence-corrected chi connectivity index (χ3v) is 3.03. The molecule has 0 aromatic heterocycles. The van der Waals surface area contributed by atoms with Crippen LogP contribution in [0.5, 0.6) is 0 Å². The highest BCUT2D eigenvalue weighted by atomic mass is 32.2. The summed E-state index contributed by atoms with van der Waals surface area (Å²) in [5, 5.41) is 8.78. The maximum Gasteiger partial charge on any atom is 0.446 e. The number of benzene rings is 1. The molecule has 3 nitrogen and oxygen atoms in total. The highest BCUT2D eigenvalue weighted by Gasteiger charge is 2.35. The molecule has 1 aromatic rings. The van der Waals surface area contributed by atoms with Gasteiger partial charge in [0.15, 0.2) is 0 Å². The van der Waals surface area contributed by atoms with Crippen molar-refractivity contribution in [1.82, 2.24) is 0 Å². The fourth-order valence-corrected chi connectivity index (χ4v) is 2.20. The average molecular weight is 311 g/mol. The van der Waals surface area contributed by atoms with Gasteiger partial charge in [-0.3, -0.25) is 0 Å². The van der Waals surface area contributed by atoms with Gasteiger partial charge >= 0.3 is 11.5 Å². The Morgan fingerprint density at radius 2 is 2.00 bits per heavy atom. The Morgan fingerprint density at radius 3 is 2.40 bits per heavy atom. The van der Waals surface area contributed by atoms with E-state index in [-0.39, 0.29) is 0 Å². The normalized spacial score (nSPS) is 11.3. The van der Waals surface area contributed by atoms with Crippen molar-refractivity contribution in [3.05, 3.63) is 28.8 Å². The van der Waals surface area contributed by atoms with Crippen LogP contribution >= 0.6 is 11.8 Å². The number of rotatable bonds is 3. The van der Waals surface area contributed by atoms with Crippen molar-refractivity contribution in [2.75, 3.05) is 7.11 Å². The molecule has 0 saturated carbocycles. The second-order valence-electron chi connectivity index (χ2n) is 3.36. The smallest absolute Gasteiger partial charge is 0.446 e. The van der Waals surface area contributed by atoms with Crippen LogP contribution in [0.3, 0.4) is 0 Å². The maximum atomic E-state index is 12.8. The molecule has 0 spiro atoms. The summed E-state index contributed by atoms with van der Waals surface area (Å²) >= 11 is -0.876. The van der Waals surface area contributed by atoms with E-state index >= 15 is 0 Å². The number of carbonyl (C=O) groups excluding carboxylic acids is 1. The van der Waals surface area contributed by atoms with E-state index in [2.05, 4.69) is 4.74 Å². The van der Waals surface area contributed by atoms with Crippen molar-refractivity contribution < 1.29 is 31.5 Å². The number of esters is 1. The van der Waals surface area contributed by atoms with Crippen LogP contribution < -0.4 is 0 Å². The molecule has 0 fully saturated rings. The molecule has 0 aliphatic heterocycles. The van der Waals surface area contributed by atoms with Gasteiger partial charge in [-0.25, -0.2) is 13.6 Å². The van der Waals surface area contributed by atoms with Crippen LogP contribution in [0.2, 0.25) is 0 Å². The average Bonchev–Trinajstić information content (AvgIpc) is 2.34. The Balaban J connectivity index is 3.61. The fraction of sp³-hybridized carbons (Fsp3) is 0.273. The first kappa shape index (κ1) is 16.2. The lowest BCUT2D eigenvalue weighted by Gasteiger charge is -2.15. The molecule has 1 rings (SSSR count). The number of nitriles is 1. The summed E-state index contributed by atoms with van der Waals surface area (Å²) in [4.78, 5) is 10.5. The van der Waals surface area contributed by atoms with Crippen molar-refractivity contribution >= 4 is 17.7 Å². The molecule has 0 N–H and O–H groups in total. The number of ether oxygens (including phenoxy) is 1. The van der Waals surface area contributed by atoms with Gasteiger partial charge in [0.05, 0.1) is 18.2 Å². The number of halogens is 5. The van der Waals surface area contributed by atoms with Crippen LogP contribution in [-0.2, 0) is 4.74 Å². The molecule has 0 aliphatic rings. The first-order chi connectivity index (χ1) is 9.21. The van der Waals surface area contributed by atoms with Gasteiger partial charge in [0.2, 0.25) is 0 Å². The molecule has 20 heavy (non-hydrogen) atoms. The lowest BCUT2D eigenvalue weighted by molar-refractivity contribution is -0.0329. The molecule has 0 amide bonds. The second-order valence-corrected chi connectivity index (χ2v) is 4.43. The molecule has 0 aliphatic carbocycles. The third-order valence-electron chi connectivity index (χ3n) is 2.15. The SMILES string of the molecule is COC(=O)c1c(C#N)ccc(C(F)F)c1SC(F)(F)F. The summed E-state index contributed by atoms with van der Waals surface area (Å²) in [6.45, 7) is 0. The Morgan fingerprint density at radius 1 is 1.40 bits per heavy atom. The van der Waals surface area contributed by atoms with Crippen LogP contribution in [0.4, 0.5) is 22.0 Å². The maximum absolute atomic E-state index is 12.8.